The van der Waals surface area contributed by atoms with Gasteiger partial charge in [0, 0.05) is 11.8 Å². The van der Waals surface area contributed by atoms with Crippen molar-refractivity contribution in [2.45, 2.75) is 18.4 Å². The van der Waals surface area contributed by atoms with Gasteiger partial charge in [0.25, 0.3) is 0 Å². The monoisotopic (exact) mass is 429 g/mol. The average molecular weight is 429 g/mol. The highest BCUT2D eigenvalue weighted by Crippen LogP contribution is 2.35. The molecule has 0 atom stereocenters. The topological polar surface area (TPSA) is 116 Å². The van der Waals surface area contributed by atoms with Crippen LogP contribution in [0.2, 0.25) is 0 Å². The molecule has 30 heavy (non-hydrogen) atoms. The fourth-order valence-corrected chi connectivity index (χ4v) is 3.35. The number of carbonyl (C=O) groups excluding carboxylic acids is 1. The van der Waals surface area contributed by atoms with E-state index in [1.165, 1.54) is 23.9 Å². The molecule has 0 saturated carbocycles. The van der Waals surface area contributed by atoms with Gasteiger partial charge in [-0.2, -0.15) is 0 Å². The van der Waals surface area contributed by atoms with Crippen LogP contribution in [-0.2, 0) is 14.3 Å². The Labute approximate surface area is 176 Å². The van der Waals surface area contributed by atoms with Crippen molar-refractivity contribution < 1.29 is 18.7 Å². The largest absolute Gasteiger partial charge is 0.369 e. The number of benzene rings is 1. The van der Waals surface area contributed by atoms with Crippen LogP contribution in [0.15, 0.2) is 41.7 Å². The van der Waals surface area contributed by atoms with Gasteiger partial charge < -0.3 is 20.2 Å². The van der Waals surface area contributed by atoms with E-state index in [9.17, 15) is 9.18 Å². The molecule has 8 nitrogen and oxygen atoms in total. The summed E-state index contributed by atoms with van der Waals surface area (Å²) < 4.78 is 24.9. The highest BCUT2D eigenvalue weighted by Gasteiger charge is 2.39. The molecule has 0 unspecified atom stereocenters. The number of aromatic amines is 1. The van der Waals surface area contributed by atoms with Crippen LogP contribution >= 0.6 is 11.8 Å². The lowest BCUT2D eigenvalue weighted by Gasteiger charge is -2.34. The third kappa shape index (κ3) is 3.93. The van der Waals surface area contributed by atoms with Crippen molar-refractivity contribution in [2.75, 3.05) is 19.5 Å². The minimum absolute atomic E-state index is 0.110. The van der Waals surface area contributed by atoms with E-state index in [1.807, 2.05) is 6.26 Å². The molecule has 4 rings (SSSR count). The number of aromatic nitrogens is 4. The van der Waals surface area contributed by atoms with Crippen molar-refractivity contribution in [3.8, 4) is 22.6 Å². The van der Waals surface area contributed by atoms with E-state index in [-0.39, 0.29) is 19.0 Å². The van der Waals surface area contributed by atoms with Crippen LogP contribution in [-0.4, -0.2) is 45.3 Å². The molecule has 0 radical (unpaired) electrons. The molecule has 2 aromatic heterocycles. The molecule has 1 fully saturated rings. The number of amides is 1. The van der Waals surface area contributed by atoms with E-state index in [0.717, 1.165) is 0 Å². The minimum atomic E-state index is -0.897. The number of imidazole rings is 1. The number of primary amides is 1. The quantitative estimate of drug-likeness (QED) is 0.473. The Bertz CT molecular complexity index is 1060. The maximum absolute atomic E-state index is 13.4. The van der Waals surface area contributed by atoms with Crippen molar-refractivity contribution in [3.05, 3.63) is 48.2 Å². The predicted molar refractivity (Wildman–Crippen MR) is 109 cm³/mol. The molecule has 1 aliphatic heterocycles. The molecule has 0 spiro atoms. The van der Waals surface area contributed by atoms with Gasteiger partial charge in [-0.05, 0) is 43.5 Å². The van der Waals surface area contributed by atoms with Gasteiger partial charge in [-0.25, -0.2) is 19.3 Å². The van der Waals surface area contributed by atoms with Crippen molar-refractivity contribution in [1.29, 1.82) is 0 Å². The third-order valence-corrected chi connectivity index (χ3v) is 5.40. The smallest absolute Gasteiger partial charge is 0.228 e. The summed E-state index contributed by atoms with van der Waals surface area (Å²) in [5.74, 6) is -0.411. The lowest BCUT2D eigenvalue weighted by Crippen LogP contribution is -2.46. The predicted octanol–water partition coefficient (Wildman–Crippen LogP) is 2.93. The molecule has 0 aliphatic carbocycles. The molecule has 1 amide bonds. The number of hydrogen-bond donors (Lipinski definition) is 2. The molecule has 3 N–H and O–H groups in total. The van der Waals surface area contributed by atoms with Crippen LogP contribution in [0.25, 0.3) is 22.6 Å². The van der Waals surface area contributed by atoms with E-state index >= 15 is 0 Å². The summed E-state index contributed by atoms with van der Waals surface area (Å²) in [6.07, 6.45) is 2.75. The Kier molecular flexibility index (Phi) is 5.54. The first-order valence-electron chi connectivity index (χ1n) is 9.16. The number of nitrogens with zero attached hydrogens (tertiary/aromatic N) is 3. The lowest BCUT2D eigenvalue weighted by molar-refractivity contribution is -0.230. The first kappa shape index (κ1) is 20.5. The zero-order valence-corrected chi connectivity index (χ0v) is 17.2. The first-order valence-corrected chi connectivity index (χ1v) is 10.4. The Balaban J connectivity index is 1.73. The summed E-state index contributed by atoms with van der Waals surface area (Å²) in [6.45, 7) is 1.91. The van der Waals surface area contributed by atoms with E-state index in [1.54, 1.807) is 31.3 Å². The Hall–Kier alpha value is -2.82. The van der Waals surface area contributed by atoms with Crippen molar-refractivity contribution >= 4 is 17.7 Å². The van der Waals surface area contributed by atoms with Crippen LogP contribution < -0.4 is 5.73 Å². The van der Waals surface area contributed by atoms with Crippen molar-refractivity contribution in [2.24, 2.45) is 11.1 Å². The molecule has 10 heteroatoms. The number of carbonyl (C=O) groups is 1. The number of nitrogens with two attached hydrogens (primary N) is 1. The lowest BCUT2D eigenvalue weighted by atomic mass is 9.91. The molecule has 3 heterocycles. The highest BCUT2D eigenvalue weighted by molar-refractivity contribution is 7.98. The van der Waals surface area contributed by atoms with Crippen LogP contribution in [0, 0.1) is 11.2 Å². The molecule has 1 saturated heterocycles. The zero-order chi connectivity index (χ0) is 21.3. The Morgan fingerprint density at radius 1 is 1.23 bits per heavy atom. The highest BCUT2D eigenvalue weighted by atomic mass is 32.2. The normalized spacial score (nSPS) is 21.5. The maximum atomic E-state index is 13.4. The summed E-state index contributed by atoms with van der Waals surface area (Å²) in [5.41, 5.74) is 7.08. The summed E-state index contributed by atoms with van der Waals surface area (Å²) in [4.78, 5) is 28.2. The SMILES string of the molecule is CSc1nccc(-c2[nH]c(C3OCC(C)(C(N)=O)CO3)nc2-c2ccc(F)cc2)n1. The number of nitrogens with one attached hydrogen (secondary N) is 1. The van der Waals surface area contributed by atoms with Gasteiger partial charge in [0.05, 0.1) is 35.7 Å². The van der Waals surface area contributed by atoms with E-state index in [0.29, 0.717) is 33.6 Å². The molecular formula is C20H20FN5O3S. The van der Waals surface area contributed by atoms with Gasteiger partial charge in [0.15, 0.2) is 11.0 Å². The second kappa shape index (κ2) is 8.13. The molecule has 0 bridgehead atoms. The second-order valence-corrected chi connectivity index (χ2v) is 7.93. The number of thioether (sulfide) groups is 1. The van der Waals surface area contributed by atoms with E-state index in [4.69, 9.17) is 15.2 Å². The number of rotatable bonds is 5. The standard InChI is InChI=1S/C20H20FN5O3S/c1-20(18(22)27)9-28-17(29-10-20)16-25-14(11-3-5-12(21)6-4-11)15(26-16)13-7-8-23-19(24-13)30-2/h3-8,17H,9-10H2,1-2H3,(H2,22,27)(H,25,26). The van der Waals surface area contributed by atoms with Gasteiger partial charge in [0.1, 0.15) is 5.82 Å². The molecule has 1 aliphatic rings. The van der Waals surface area contributed by atoms with Gasteiger partial charge in [-0.1, -0.05) is 11.8 Å². The summed E-state index contributed by atoms with van der Waals surface area (Å²) >= 11 is 1.42. The van der Waals surface area contributed by atoms with Crippen LogP contribution in [0.5, 0.6) is 0 Å². The van der Waals surface area contributed by atoms with Crippen molar-refractivity contribution in [1.82, 2.24) is 19.9 Å². The van der Waals surface area contributed by atoms with E-state index in [2.05, 4.69) is 19.9 Å². The molecular weight excluding hydrogens is 409 g/mol. The second-order valence-electron chi connectivity index (χ2n) is 7.16. The van der Waals surface area contributed by atoms with Crippen LogP contribution in [0.3, 0.4) is 0 Å². The number of H-pyrrole nitrogens is 1. The maximum Gasteiger partial charge on any atom is 0.228 e. The van der Waals surface area contributed by atoms with Crippen LogP contribution in [0.4, 0.5) is 4.39 Å². The molecule has 3 aromatic rings. The Morgan fingerprint density at radius 2 is 1.93 bits per heavy atom. The average Bonchev–Trinajstić information content (AvgIpc) is 3.20. The summed E-state index contributed by atoms with van der Waals surface area (Å²) in [7, 11) is 0. The fraction of sp³-hybridized carbons (Fsp3) is 0.300. The van der Waals surface area contributed by atoms with Crippen molar-refractivity contribution in [3.63, 3.8) is 0 Å². The van der Waals surface area contributed by atoms with Gasteiger partial charge in [-0.3, -0.25) is 4.79 Å². The molecule has 1 aromatic carbocycles. The molecule has 156 valence electrons. The van der Waals surface area contributed by atoms with Crippen LogP contribution in [0.1, 0.15) is 19.0 Å². The zero-order valence-electron chi connectivity index (χ0n) is 16.4. The van der Waals surface area contributed by atoms with Gasteiger partial charge >= 0.3 is 0 Å². The number of halogens is 1. The third-order valence-electron chi connectivity index (χ3n) is 4.84. The summed E-state index contributed by atoms with van der Waals surface area (Å²) in [6, 6.07) is 7.78. The van der Waals surface area contributed by atoms with E-state index < -0.39 is 17.6 Å². The number of hydrogen-bond acceptors (Lipinski definition) is 7. The van der Waals surface area contributed by atoms with Gasteiger partial charge in [-0.15, -0.1) is 0 Å². The summed E-state index contributed by atoms with van der Waals surface area (Å²) in [5, 5.41) is 0.607. The fourth-order valence-electron chi connectivity index (χ4n) is 2.99. The first-order chi connectivity index (χ1) is 14.4. The van der Waals surface area contributed by atoms with Gasteiger partial charge in [0.2, 0.25) is 12.2 Å². The Morgan fingerprint density at radius 3 is 2.57 bits per heavy atom. The number of ether oxygens (including phenoxy) is 2. The minimum Gasteiger partial charge on any atom is -0.369 e.